The molecule has 0 aliphatic rings. The first-order valence-electron chi connectivity index (χ1n) is 3.19. The van der Waals surface area contributed by atoms with Crippen molar-refractivity contribution < 1.29 is 11.3 Å². The molecule has 0 spiro atoms. The second-order valence-electron chi connectivity index (χ2n) is 1.75. The van der Waals surface area contributed by atoms with E-state index < -0.39 is 5.97 Å². The molecule has 0 radical (unpaired) electrons. The van der Waals surface area contributed by atoms with E-state index in [9.17, 15) is 0 Å². The summed E-state index contributed by atoms with van der Waals surface area (Å²) in [5.74, 6) is -1.08. The quantitative estimate of drug-likeness (QED) is 0.431. The number of aliphatic carboxylic acids is 1. The van der Waals surface area contributed by atoms with Gasteiger partial charge in [0.1, 0.15) is 0 Å². The molecule has 0 aromatic heterocycles. The molecule has 0 fully saturated rings. The fourth-order valence-corrected chi connectivity index (χ4v) is 0.565. The Hall–Kier alpha value is 0.690. The van der Waals surface area contributed by atoms with Gasteiger partial charge in [0.2, 0.25) is 0 Å². The molecule has 0 heterocycles. The van der Waals surface area contributed by atoms with Gasteiger partial charge in [0.05, 0.1) is 0 Å². The van der Waals surface area contributed by atoms with Crippen LogP contribution in [0.3, 0.4) is 0 Å². The van der Waals surface area contributed by atoms with Crippen molar-refractivity contribution >= 4 is 42.3 Å². The number of hydrogen-bond acceptors (Lipinski definition) is 3. The molecular weight excluding hydrogens is 160 g/mol. The summed E-state index contributed by atoms with van der Waals surface area (Å²) in [4.78, 5) is 8.89. The van der Waals surface area contributed by atoms with E-state index in [1.165, 1.54) is 12.8 Å². The van der Waals surface area contributed by atoms with E-state index in [4.69, 9.17) is 11.3 Å². The summed E-state index contributed by atoms with van der Waals surface area (Å²) in [7, 11) is 0. The van der Waals surface area contributed by atoms with Crippen LogP contribution in [0.4, 0.5) is 0 Å². The first-order valence-corrected chi connectivity index (χ1v) is 4.09. The number of carboxylic acid groups (broad SMARTS) is 1. The third kappa shape index (κ3) is 37.7. The second kappa shape index (κ2) is 12.4. The van der Waals surface area contributed by atoms with Crippen LogP contribution in [0.1, 0.15) is 26.7 Å². The zero-order valence-corrected chi connectivity index (χ0v) is 8.76. The van der Waals surface area contributed by atoms with Crippen LogP contribution in [0.2, 0.25) is 0 Å². The normalized spacial score (nSPS) is 8.00. The predicted octanol–water partition coefficient (Wildman–Crippen LogP) is -0.357. The molecule has 0 rings (SSSR count). The van der Waals surface area contributed by atoms with Crippen molar-refractivity contribution in [2.45, 2.75) is 26.7 Å². The van der Waals surface area contributed by atoms with E-state index in [1.54, 1.807) is 0 Å². The summed E-state index contributed by atoms with van der Waals surface area (Å²) in [5.41, 5.74) is 0. The predicted molar refractivity (Wildman–Crippen MR) is 37.3 cm³/mol. The van der Waals surface area contributed by atoms with Gasteiger partial charge in [0, 0.05) is 5.97 Å². The van der Waals surface area contributed by atoms with Crippen molar-refractivity contribution in [3.63, 3.8) is 0 Å². The molecule has 0 aromatic carbocycles. The molecule has 0 aromatic rings. The molecule has 3 nitrogen and oxygen atoms in total. The Morgan fingerprint density at radius 2 is 2.10 bits per heavy atom. The van der Waals surface area contributed by atoms with Crippen LogP contribution >= 0.6 is 0 Å². The molecule has 10 heavy (non-hydrogen) atoms. The molecule has 56 valence electrons. The molecule has 0 saturated heterocycles. The van der Waals surface area contributed by atoms with Crippen molar-refractivity contribution in [1.82, 2.24) is 0 Å². The van der Waals surface area contributed by atoms with E-state index in [1.807, 2.05) is 0 Å². The van der Waals surface area contributed by atoms with Crippen LogP contribution in [0.25, 0.3) is 0 Å². The summed E-state index contributed by atoms with van der Waals surface area (Å²) in [5, 5.41) is 8.89. The van der Waals surface area contributed by atoms with Crippen molar-refractivity contribution in [3.8, 4) is 0 Å². The number of rotatable bonds is 3. The van der Waals surface area contributed by atoms with Gasteiger partial charge in [0.15, 0.2) is 0 Å². The molecule has 0 unspecified atom stereocenters. The summed E-state index contributed by atoms with van der Waals surface area (Å²) < 4.78 is 4.91. The molecule has 0 bridgehead atoms. The molecule has 0 atom stereocenters. The van der Waals surface area contributed by atoms with E-state index in [-0.39, 0.29) is 0 Å². The van der Waals surface area contributed by atoms with Gasteiger partial charge in [-0.3, -0.25) is 0 Å². The van der Waals surface area contributed by atoms with Crippen molar-refractivity contribution in [2.75, 3.05) is 6.61 Å². The molecule has 0 aliphatic carbocycles. The van der Waals surface area contributed by atoms with Gasteiger partial charge in [-0.2, -0.15) is 0 Å². The number of unbranched alkanes of at least 4 members (excludes halogenated alkanes) is 1. The Labute approximate surface area is 86.4 Å². The van der Waals surface area contributed by atoms with E-state index in [0.29, 0.717) is 0 Å². The Kier molecular flexibility index (Phi) is 16.4. The molecular formula is C6H12CaO3. The topological polar surface area (TPSA) is 49.4 Å². The minimum atomic E-state index is -1.08. The van der Waals surface area contributed by atoms with E-state index in [2.05, 4.69) is 6.92 Å². The van der Waals surface area contributed by atoms with Crippen molar-refractivity contribution in [2.24, 2.45) is 0 Å². The molecule has 0 amide bonds. The van der Waals surface area contributed by atoms with Gasteiger partial charge in [0.25, 0.3) is 0 Å². The van der Waals surface area contributed by atoms with Crippen LogP contribution in [0.15, 0.2) is 0 Å². The van der Waals surface area contributed by atoms with Gasteiger partial charge in [-0.25, -0.2) is 0 Å². The summed E-state index contributed by atoms with van der Waals surface area (Å²) >= 11 is 0.986. The summed E-state index contributed by atoms with van der Waals surface area (Å²) in [6.45, 7) is 4.11. The Balaban J connectivity index is 0. The van der Waals surface area contributed by atoms with Crippen LogP contribution in [-0.2, 0) is 6.24 Å². The monoisotopic (exact) mass is 172 g/mol. The fourth-order valence-electron chi connectivity index (χ4n) is 0.246. The number of hydrogen-bond donors (Lipinski definition) is 0. The second-order valence-corrected chi connectivity index (χ2v) is 2.39. The zero-order chi connectivity index (χ0) is 8.41. The van der Waals surface area contributed by atoms with E-state index >= 15 is 0 Å². The van der Waals surface area contributed by atoms with Crippen LogP contribution in [0.5, 0.6) is 0 Å². The standard InChI is InChI=1S/C4H9O.C2H4O2.Ca/c1-2-3-4-5;1-2(3)4;/h2-4H2,1H3;1H3,(H,3,4);/q-1;;+2/p-1. The number of carboxylic acids is 1. The average molecular weight is 172 g/mol. The Bertz CT molecular complexity index is 67.4. The third-order valence-corrected chi connectivity index (χ3v) is 1.09. The average Bonchev–Trinajstić information content (AvgIpc) is 1.82. The van der Waals surface area contributed by atoms with Crippen LogP contribution in [0, 0.1) is 0 Å². The molecule has 0 aliphatic heterocycles. The van der Waals surface area contributed by atoms with Gasteiger partial charge in [-0.1, -0.05) is 0 Å². The van der Waals surface area contributed by atoms with Gasteiger partial charge in [-0.15, -0.1) is 0 Å². The summed E-state index contributed by atoms with van der Waals surface area (Å²) in [6.07, 6.45) is 2.47. The van der Waals surface area contributed by atoms with Crippen LogP contribution < -0.4 is 5.11 Å². The van der Waals surface area contributed by atoms with Crippen LogP contribution in [-0.4, -0.2) is 48.9 Å². The molecule has 4 heteroatoms. The maximum atomic E-state index is 8.89. The zero-order valence-electron chi connectivity index (χ0n) is 6.55. The van der Waals surface area contributed by atoms with Crippen molar-refractivity contribution in [1.29, 1.82) is 0 Å². The van der Waals surface area contributed by atoms with Crippen molar-refractivity contribution in [3.05, 3.63) is 0 Å². The Morgan fingerprint density at radius 1 is 1.70 bits per heavy atom. The number of carbonyl (C=O) groups is 1. The van der Waals surface area contributed by atoms with E-state index in [0.717, 1.165) is 49.9 Å². The maximum absolute atomic E-state index is 8.89. The molecule has 0 saturated carbocycles. The number of carbonyl (C=O) groups excluding carboxylic acids is 1. The Morgan fingerprint density at radius 3 is 2.20 bits per heavy atom. The summed E-state index contributed by atoms with van der Waals surface area (Å²) in [6, 6.07) is 0. The first-order chi connectivity index (χ1) is 4.65. The first kappa shape index (κ1) is 13.3. The van der Waals surface area contributed by atoms with Gasteiger partial charge < -0.3 is 9.90 Å². The molecule has 0 N–H and O–H groups in total. The third-order valence-electron chi connectivity index (χ3n) is 0.642. The minimum absolute atomic E-state index is 0.969. The fraction of sp³-hybridized carbons (Fsp3) is 0.833. The van der Waals surface area contributed by atoms with Gasteiger partial charge in [-0.05, 0) is 6.92 Å². The SMILES string of the molecule is CC(=O)[O-].CCCC[O][Ca+]. The van der Waals surface area contributed by atoms with Gasteiger partial charge >= 0.3 is 64.2 Å².